The van der Waals surface area contributed by atoms with Crippen molar-refractivity contribution in [3.63, 3.8) is 0 Å². The fourth-order valence-corrected chi connectivity index (χ4v) is 5.79. The Morgan fingerprint density at radius 3 is 2.52 bits per heavy atom. The van der Waals surface area contributed by atoms with Gasteiger partial charge in [0.25, 0.3) is 5.91 Å². The molecule has 5 amide bonds. The molecule has 0 saturated carbocycles. The van der Waals surface area contributed by atoms with Crippen LogP contribution in [0.3, 0.4) is 0 Å². The topological polar surface area (TPSA) is 132 Å². The van der Waals surface area contributed by atoms with E-state index in [2.05, 4.69) is 16.0 Å². The van der Waals surface area contributed by atoms with Crippen molar-refractivity contribution in [3.8, 4) is 5.75 Å². The van der Waals surface area contributed by atoms with Crippen LogP contribution in [0.4, 0.5) is 21.0 Å². The average molecular weight is 662 g/mol. The number of likely N-dealkylation sites (N-methyl/N-ethyl adjacent to an activating group) is 1. The van der Waals surface area contributed by atoms with E-state index in [9.17, 15) is 19.5 Å². The average Bonchev–Trinajstić information content (AvgIpc) is 3.05. The Morgan fingerprint density at radius 1 is 1.02 bits per heavy atom. The molecular formula is C37H51N5O6. The molecule has 0 fully saturated rings. The summed E-state index contributed by atoms with van der Waals surface area (Å²) in [6, 6.07) is 17.5. The molecule has 1 aliphatic heterocycles. The van der Waals surface area contributed by atoms with Gasteiger partial charge >= 0.3 is 12.1 Å². The van der Waals surface area contributed by atoms with Gasteiger partial charge in [0.05, 0.1) is 36.1 Å². The van der Waals surface area contributed by atoms with Crippen LogP contribution in [0.1, 0.15) is 64.2 Å². The van der Waals surface area contributed by atoms with Crippen molar-refractivity contribution in [1.29, 1.82) is 0 Å². The smallest absolute Gasteiger partial charge is 0.321 e. The Labute approximate surface area is 284 Å². The number of hydrogen-bond donors (Lipinski definition) is 4. The highest BCUT2D eigenvalue weighted by molar-refractivity contribution is 6.01. The van der Waals surface area contributed by atoms with Crippen molar-refractivity contribution in [2.45, 2.75) is 78.2 Å². The van der Waals surface area contributed by atoms with Crippen LogP contribution in [-0.2, 0) is 4.74 Å². The van der Waals surface area contributed by atoms with Crippen molar-refractivity contribution in [1.82, 2.24) is 15.1 Å². The summed E-state index contributed by atoms with van der Waals surface area (Å²) in [4.78, 5) is 43.4. The van der Waals surface area contributed by atoms with E-state index in [1.165, 1.54) is 0 Å². The third kappa shape index (κ3) is 9.84. The maximum atomic E-state index is 14.3. The summed E-state index contributed by atoms with van der Waals surface area (Å²) in [5, 5.41) is 20.9. The van der Waals surface area contributed by atoms with Gasteiger partial charge in [-0.25, -0.2) is 9.59 Å². The maximum absolute atomic E-state index is 14.3. The molecule has 4 N–H and O–H groups in total. The first-order valence-electron chi connectivity index (χ1n) is 16.9. The number of urea groups is 2. The van der Waals surface area contributed by atoms with E-state index in [1.807, 2.05) is 70.2 Å². The lowest BCUT2D eigenvalue weighted by Crippen LogP contribution is -2.48. The number of nitrogens with zero attached hydrogens (tertiary/aromatic N) is 2. The summed E-state index contributed by atoms with van der Waals surface area (Å²) in [5.41, 5.74) is 1.46. The van der Waals surface area contributed by atoms with Crippen LogP contribution in [0.5, 0.6) is 5.75 Å². The first kappa shape index (κ1) is 36.5. The highest BCUT2D eigenvalue weighted by Crippen LogP contribution is 2.29. The van der Waals surface area contributed by atoms with E-state index in [4.69, 9.17) is 9.47 Å². The second-order valence-electron chi connectivity index (χ2n) is 13.1. The quantitative estimate of drug-likeness (QED) is 0.234. The second-order valence-corrected chi connectivity index (χ2v) is 13.1. The molecule has 0 aliphatic carbocycles. The summed E-state index contributed by atoms with van der Waals surface area (Å²) in [7, 11) is 1.74. The second kappa shape index (κ2) is 17.2. The number of aliphatic hydroxyl groups is 1. The van der Waals surface area contributed by atoms with Gasteiger partial charge in [-0.3, -0.25) is 4.79 Å². The number of carbonyl (C=O) groups is 3. The van der Waals surface area contributed by atoms with Crippen molar-refractivity contribution >= 4 is 40.1 Å². The van der Waals surface area contributed by atoms with E-state index in [1.54, 1.807) is 42.0 Å². The zero-order valence-electron chi connectivity index (χ0n) is 29.0. The number of benzene rings is 3. The van der Waals surface area contributed by atoms with Gasteiger partial charge in [0.15, 0.2) is 0 Å². The van der Waals surface area contributed by atoms with E-state index in [0.717, 1.165) is 35.7 Å². The zero-order valence-corrected chi connectivity index (χ0v) is 29.0. The van der Waals surface area contributed by atoms with Gasteiger partial charge in [-0.1, -0.05) is 43.3 Å². The summed E-state index contributed by atoms with van der Waals surface area (Å²) < 4.78 is 12.7. The number of ether oxygens (including phenoxy) is 2. The maximum Gasteiger partial charge on any atom is 0.321 e. The van der Waals surface area contributed by atoms with Crippen molar-refractivity contribution in [2.24, 2.45) is 5.92 Å². The largest absolute Gasteiger partial charge is 0.490 e. The molecular weight excluding hydrogens is 610 g/mol. The molecule has 11 nitrogen and oxygen atoms in total. The van der Waals surface area contributed by atoms with Crippen LogP contribution in [0.2, 0.25) is 0 Å². The van der Waals surface area contributed by atoms with Gasteiger partial charge in [0, 0.05) is 49.8 Å². The molecule has 3 aromatic rings. The monoisotopic (exact) mass is 661 g/mol. The number of aliphatic hydroxyl groups excluding tert-OH is 1. The highest BCUT2D eigenvalue weighted by Gasteiger charge is 2.31. The van der Waals surface area contributed by atoms with Crippen LogP contribution >= 0.6 is 0 Å². The molecule has 48 heavy (non-hydrogen) atoms. The third-order valence-corrected chi connectivity index (χ3v) is 8.56. The van der Waals surface area contributed by atoms with E-state index in [0.29, 0.717) is 24.6 Å². The molecule has 0 spiro atoms. The molecule has 0 saturated heterocycles. The van der Waals surface area contributed by atoms with Gasteiger partial charge in [-0.05, 0) is 76.6 Å². The minimum absolute atomic E-state index is 0.0611. The molecule has 1 heterocycles. The lowest BCUT2D eigenvalue weighted by atomic mass is 10.0. The van der Waals surface area contributed by atoms with Crippen LogP contribution in [0.15, 0.2) is 60.7 Å². The SMILES string of the molecule is CC(C)NC(=O)Nc1ccc2c(c1)C(=O)N([C@H](C)CO)C[C@H](C)[C@H](CN(C)C(=O)Nc1cccc3ccccc13)OCCCC[C@@H](C)O2. The van der Waals surface area contributed by atoms with Crippen LogP contribution < -0.4 is 20.7 Å². The Hall–Kier alpha value is -4.35. The Kier molecular flexibility index (Phi) is 13.0. The number of carbonyl (C=O) groups excluding carboxylic acids is 3. The molecule has 260 valence electrons. The molecule has 0 radical (unpaired) electrons. The zero-order chi connectivity index (χ0) is 34.8. The lowest BCUT2D eigenvalue weighted by Gasteiger charge is -2.35. The first-order valence-corrected chi connectivity index (χ1v) is 16.9. The Balaban J connectivity index is 1.58. The molecule has 4 rings (SSSR count). The van der Waals surface area contributed by atoms with Gasteiger partial charge in [-0.2, -0.15) is 0 Å². The number of amides is 5. The van der Waals surface area contributed by atoms with Crippen LogP contribution in [0.25, 0.3) is 10.8 Å². The molecule has 11 heteroatoms. The fourth-order valence-electron chi connectivity index (χ4n) is 5.79. The van der Waals surface area contributed by atoms with Crippen molar-refractivity contribution in [3.05, 3.63) is 66.2 Å². The summed E-state index contributed by atoms with van der Waals surface area (Å²) in [5.74, 6) is -0.128. The van der Waals surface area contributed by atoms with Gasteiger partial charge in [-0.15, -0.1) is 0 Å². The predicted octanol–water partition coefficient (Wildman–Crippen LogP) is 6.33. The highest BCUT2D eigenvalue weighted by atomic mass is 16.5. The van der Waals surface area contributed by atoms with E-state index in [-0.39, 0.29) is 54.7 Å². The summed E-state index contributed by atoms with van der Waals surface area (Å²) >= 11 is 0. The van der Waals surface area contributed by atoms with E-state index < -0.39 is 12.1 Å². The van der Waals surface area contributed by atoms with Crippen molar-refractivity contribution in [2.75, 3.05) is 44.0 Å². The van der Waals surface area contributed by atoms with Crippen LogP contribution in [-0.4, -0.2) is 90.5 Å². The minimum atomic E-state index is -0.521. The summed E-state index contributed by atoms with van der Waals surface area (Å²) in [6.07, 6.45) is 1.84. The van der Waals surface area contributed by atoms with E-state index >= 15 is 0 Å². The van der Waals surface area contributed by atoms with Crippen LogP contribution in [0, 0.1) is 5.92 Å². The van der Waals surface area contributed by atoms with Gasteiger partial charge in [0.1, 0.15) is 5.75 Å². The molecule has 0 bridgehead atoms. The third-order valence-electron chi connectivity index (χ3n) is 8.56. The standard InChI is InChI=1S/C37H51N5O6/c1-24(2)38-36(45)39-29-17-18-33-31(20-29)35(44)42(26(4)23-43)21-25(3)34(47-19-10-9-12-27(5)48-33)22-41(6)37(46)40-32-16-11-14-28-13-7-8-15-30(28)32/h7-8,11,13-18,20,24-27,34,43H,9-10,12,19,21-23H2,1-6H3,(H,40,46)(H2,38,39,45)/t25-,26+,27+,34-/m0/s1. The number of rotatable bonds is 7. The summed E-state index contributed by atoms with van der Waals surface area (Å²) in [6.45, 7) is 10.3. The number of anilines is 2. The van der Waals surface area contributed by atoms with Gasteiger partial charge < -0.3 is 40.3 Å². The molecule has 0 aromatic heterocycles. The Morgan fingerprint density at radius 2 is 1.77 bits per heavy atom. The first-order chi connectivity index (χ1) is 23.0. The molecule has 3 aromatic carbocycles. The van der Waals surface area contributed by atoms with Gasteiger partial charge in [0.2, 0.25) is 0 Å². The lowest BCUT2D eigenvalue weighted by molar-refractivity contribution is -0.0115. The molecule has 0 unspecified atom stereocenters. The molecule has 4 atom stereocenters. The normalized spacial score (nSPS) is 19.9. The Bertz CT molecular complexity index is 1540. The number of nitrogens with one attached hydrogen (secondary N) is 3. The van der Waals surface area contributed by atoms with Crippen molar-refractivity contribution < 1.29 is 29.0 Å². The fraction of sp³-hybridized carbons (Fsp3) is 0.486. The predicted molar refractivity (Wildman–Crippen MR) is 190 cm³/mol. The number of hydrogen-bond acceptors (Lipinski definition) is 6. The number of fused-ring (bicyclic) bond motifs is 2. The molecule has 1 aliphatic rings. The minimum Gasteiger partial charge on any atom is -0.490 e.